The number of fused-ring (bicyclic) bond motifs is 1. The minimum Gasteiger partial charge on any atom is -0.370 e. The molecule has 1 aliphatic carbocycles. The fraction of sp³-hybridized carbons (Fsp3) is 0.357. The van der Waals surface area contributed by atoms with Gasteiger partial charge in [0.1, 0.15) is 11.5 Å². The second kappa shape index (κ2) is 5.25. The van der Waals surface area contributed by atoms with Crippen molar-refractivity contribution in [3.8, 4) is 11.5 Å². The van der Waals surface area contributed by atoms with Gasteiger partial charge in [0.15, 0.2) is 5.82 Å². The third-order valence-corrected chi connectivity index (χ3v) is 3.89. The minimum atomic E-state index is 0.698. The zero-order valence-corrected chi connectivity index (χ0v) is 12.4. The summed E-state index contributed by atoms with van der Waals surface area (Å²) in [4.78, 5) is 13.7. The summed E-state index contributed by atoms with van der Waals surface area (Å²) in [5, 5.41) is 3.34. The summed E-state index contributed by atoms with van der Waals surface area (Å²) in [7, 11) is 0. The number of halogens is 1. The lowest BCUT2D eigenvalue weighted by Gasteiger charge is -2.11. The molecule has 0 fully saturated rings. The molecule has 2 aromatic heterocycles. The quantitative estimate of drug-likeness (QED) is 0.944. The normalized spacial score (nSPS) is 13.4. The Morgan fingerprint density at radius 3 is 3.00 bits per heavy atom. The molecule has 2 heterocycles. The number of aromatic nitrogens is 3. The average Bonchev–Trinajstić information content (AvgIpc) is 2.88. The molecule has 0 aliphatic heterocycles. The van der Waals surface area contributed by atoms with Crippen LogP contribution in [0.25, 0.3) is 11.5 Å². The molecule has 0 saturated heterocycles. The van der Waals surface area contributed by atoms with E-state index in [1.165, 1.54) is 11.3 Å². The van der Waals surface area contributed by atoms with Crippen molar-refractivity contribution in [1.82, 2.24) is 15.0 Å². The van der Waals surface area contributed by atoms with Crippen LogP contribution >= 0.6 is 15.9 Å². The van der Waals surface area contributed by atoms with E-state index in [0.29, 0.717) is 5.82 Å². The minimum absolute atomic E-state index is 0.698. The standard InChI is InChI=1S/C14H15BrN4/c1-2-16-13-9-5-3-7-11(9)18-14(19-13)12-10(15)6-4-8-17-12/h4,6,8H,2-3,5,7H2,1H3,(H,16,18,19). The molecule has 0 bridgehead atoms. The first-order chi connectivity index (χ1) is 9.29. The van der Waals surface area contributed by atoms with Crippen LogP contribution in [0.1, 0.15) is 24.6 Å². The summed E-state index contributed by atoms with van der Waals surface area (Å²) in [6, 6.07) is 3.86. The van der Waals surface area contributed by atoms with Gasteiger partial charge in [-0.05, 0) is 54.2 Å². The Morgan fingerprint density at radius 2 is 2.21 bits per heavy atom. The van der Waals surface area contributed by atoms with E-state index < -0.39 is 0 Å². The Labute approximate surface area is 120 Å². The van der Waals surface area contributed by atoms with E-state index in [0.717, 1.165) is 41.8 Å². The highest BCUT2D eigenvalue weighted by atomic mass is 79.9. The summed E-state index contributed by atoms with van der Waals surface area (Å²) in [6.45, 7) is 2.95. The fourth-order valence-corrected chi connectivity index (χ4v) is 2.83. The van der Waals surface area contributed by atoms with Gasteiger partial charge >= 0.3 is 0 Å². The van der Waals surface area contributed by atoms with E-state index in [2.05, 4.69) is 43.1 Å². The van der Waals surface area contributed by atoms with Crippen LogP contribution in [-0.2, 0) is 12.8 Å². The summed E-state index contributed by atoms with van der Waals surface area (Å²) in [5.41, 5.74) is 3.24. The maximum absolute atomic E-state index is 4.68. The van der Waals surface area contributed by atoms with Gasteiger partial charge in [-0.25, -0.2) is 9.97 Å². The average molecular weight is 319 g/mol. The van der Waals surface area contributed by atoms with E-state index in [4.69, 9.17) is 0 Å². The Balaban J connectivity index is 2.13. The number of nitrogens with zero attached hydrogens (tertiary/aromatic N) is 3. The molecule has 0 saturated carbocycles. The molecule has 3 rings (SSSR count). The maximum Gasteiger partial charge on any atom is 0.181 e. The number of hydrogen-bond acceptors (Lipinski definition) is 4. The number of aryl methyl sites for hydroxylation is 1. The Bertz CT molecular complexity index is 612. The zero-order chi connectivity index (χ0) is 13.2. The van der Waals surface area contributed by atoms with Crippen molar-refractivity contribution in [3.63, 3.8) is 0 Å². The highest BCUT2D eigenvalue weighted by Gasteiger charge is 2.20. The van der Waals surface area contributed by atoms with Crippen LogP contribution in [0.4, 0.5) is 5.82 Å². The largest absolute Gasteiger partial charge is 0.370 e. The van der Waals surface area contributed by atoms with Crippen molar-refractivity contribution < 1.29 is 0 Å². The third kappa shape index (κ3) is 2.34. The summed E-state index contributed by atoms with van der Waals surface area (Å²) < 4.78 is 0.926. The van der Waals surface area contributed by atoms with Crippen molar-refractivity contribution in [1.29, 1.82) is 0 Å². The molecule has 4 nitrogen and oxygen atoms in total. The third-order valence-electron chi connectivity index (χ3n) is 3.25. The lowest BCUT2D eigenvalue weighted by molar-refractivity contribution is 0.899. The molecule has 98 valence electrons. The van der Waals surface area contributed by atoms with Crippen molar-refractivity contribution in [2.24, 2.45) is 0 Å². The molecule has 2 aromatic rings. The number of rotatable bonds is 3. The predicted molar refractivity (Wildman–Crippen MR) is 79.2 cm³/mol. The first-order valence-corrected chi connectivity index (χ1v) is 7.33. The SMILES string of the molecule is CCNc1nc(-c2ncccc2Br)nc2c1CCC2. The molecule has 0 amide bonds. The van der Waals surface area contributed by atoms with Crippen LogP contribution in [0.2, 0.25) is 0 Å². The fourth-order valence-electron chi connectivity index (χ4n) is 2.40. The molecule has 1 aliphatic rings. The monoisotopic (exact) mass is 318 g/mol. The summed E-state index contributed by atoms with van der Waals surface area (Å²) in [6.07, 6.45) is 5.04. The van der Waals surface area contributed by atoms with Crippen molar-refractivity contribution in [2.45, 2.75) is 26.2 Å². The van der Waals surface area contributed by atoms with Gasteiger partial charge in [0.25, 0.3) is 0 Å². The number of pyridine rings is 1. The highest BCUT2D eigenvalue weighted by molar-refractivity contribution is 9.10. The van der Waals surface area contributed by atoms with E-state index in [1.54, 1.807) is 6.20 Å². The number of anilines is 1. The molecular weight excluding hydrogens is 304 g/mol. The Morgan fingerprint density at radius 1 is 1.32 bits per heavy atom. The first kappa shape index (κ1) is 12.5. The first-order valence-electron chi connectivity index (χ1n) is 6.54. The molecule has 0 aromatic carbocycles. The van der Waals surface area contributed by atoms with Gasteiger partial charge in [0.2, 0.25) is 0 Å². The Hall–Kier alpha value is -1.49. The number of nitrogens with one attached hydrogen (secondary N) is 1. The molecular formula is C14H15BrN4. The molecule has 0 unspecified atom stereocenters. The van der Waals surface area contributed by atoms with E-state index in [-0.39, 0.29) is 0 Å². The number of hydrogen-bond donors (Lipinski definition) is 1. The summed E-state index contributed by atoms with van der Waals surface area (Å²) in [5.74, 6) is 1.67. The molecule has 0 spiro atoms. The molecule has 19 heavy (non-hydrogen) atoms. The smallest absolute Gasteiger partial charge is 0.181 e. The predicted octanol–water partition coefficient (Wildman–Crippen LogP) is 3.22. The van der Waals surface area contributed by atoms with Crippen molar-refractivity contribution >= 4 is 21.7 Å². The molecule has 5 heteroatoms. The van der Waals surface area contributed by atoms with Crippen LogP contribution in [-0.4, -0.2) is 21.5 Å². The lowest BCUT2D eigenvalue weighted by Crippen LogP contribution is -2.07. The van der Waals surface area contributed by atoms with Gasteiger partial charge in [-0.15, -0.1) is 0 Å². The van der Waals surface area contributed by atoms with Crippen molar-refractivity contribution in [3.05, 3.63) is 34.1 Å². The van der Waals surface area contributed by atoms with Crippen LogP contribution in [0.15, 0.2) is 22.8 Å². The van der Waals surface area contributed by atoms with Crippen molar-refractivity contribution in [2.75, 3.05) is 11.9 Å². The summed E-state index contributed by atoms with van der Waals surface area (Å²) >= 11 is 3.51. The van der Waals surface area contributed by atoms with Gasteiger partial charge in [0, 0.05) is 28.5 Å². The van der Waals surface area contributed by atoms with E-state index >= 15 is 0 Å². The molecule has 0 atom stereocenters. The van der Waals surface area contributed by atoms with Gasteiger partial charge in [-0.3, -0.25) is 4.98 Å². The van der Waals surface area contributed by atoms with Gasteiger partial charge < -0.3 is 5.32 Å². The second-order valence-electron chi connectivity index (χ2n) is 4.54. The van der Waals surface area contributed by atoms with Crippen LogP contribution in [0.3, 0.4) is 0 Å². The molecule has 1 N–H and O–H groups in total. The maximum atomic E-state index is 4.68. The Kier molecular flexibility index (Phi) is 3.46. The second-order valence-corrected chi connectivity index (χ2v) is 5.39. The van der Waals surface area contributed by atoms with Gasteiger partial charge in [-0.2, -0.15) is 0 Å². The van der Waals surface area contributed by atoms with Crippen LogP contribution in [0, 0.1) is 0 Å². The van der Waals surface area contributed by atoms with Gasteiger partial charge in [0.05, 0.1) is 0 Å². The lowest BCUT2D eigenvalue weighted by atomic mass is 10.2. The van der Waals surface area contributed by atoms with Crippen LogP contribution < -0.4 is 5.32 Å². The van der Waals surface area contributed by atoms with E-state index in [9.17, 15) is 0 Å². The van der Waals surface area contributed by atoms with E-state index in [1.807, 2.05) is 12.1 Å². The topological polar surface area (TPSA) is 50.7 Å². The molecule has 0 radical (unpaired) electrons. The zero-order valence-electron chi connectivity index (χ0n) is 10.8. The van der Waals surface area contributed by atoms with Gasteiger partial charge in [-0.1, -0.05) is 0 Å². The van der Waals surface area contributed by atoms with Crippen LogP contribution in [0.5, 0.6) is 0 Å². The highest BCUT2D eigenvalue weighted by Crippen LogP contribution is 2.30.